The Kier molecular flexibility index (Phi) is 5.51. The van der Waals surface area contributed by atoms with Crippen LogP contribution in [0.5, 0.6) is 0 Å². The van der Waals surface area contributed by atoms with E-state index in [4.69, 9.17) is 0 Å². The Balaban J connectivity index is 1.99. The Hall–Kier alpha value is -1.49. The molecule has 2 rings (SSSR count). The van der Waals surface area contributed by atoms with Crippen molar-refractivity contribution < 1.29 is 9.59 Å². The Labute approximate surface area is 136 Å². The highest BCUT2D eigenvalue weighted by molar-refractivity contribution is 7.99. The third kappa shape index (κ3) is 3.64. The highest BCUT2D eigenvalue weighted by atomic mass is 32.2. The van der Waals surface area contributed by atoms with Crippen LogP contribution in [-0.4, -0.2) is 59.8 Å². The molecule has 0 radical (unpaired) electrons. The van der Waals surface area contributed by atoms with Gasteiger partial charge in [0.25, 0.3) is 0 Å². The van der Waals surface area contributed by atoms with E-state index in [1.54, 1.807) is 11.8 Å². The topological polar surface area (TPSA) is 40.6 Å². The van der Waals surface area contributed by atoms with Crippen LogP contribution >= 0.6 is 11.8 Å². The van der Waals surface area contributed by atoms with Gasteiger partial charge in [-0.25, -0.2) is 0 Å². The zero-order valence-electron chi connectivity index (χ0n) is 13.5. The molecule has 0 aliphatic carbocycles. The Bertz CT molecular complexity index is 523. The third-order valence-corrected chi connectivity index (χ3v) is 4.75. The minimum Gasteiger partial charge on any atom is -0.338 e. The van der Waals surface area contributed by atoms with Gasteiger partial charge >= 0.3 is 0 Å². The fraction of sp³-hybridized carbons (Fsp3) is 0.529. The number of benzene rings is 1. The molecule has 120 valence electrons. The van der Waals surface area contributed by atoms with Gasteiger partial charge in [-0.2, -0.15) is 11.8 Å². The van der Waals surface area contributed by atoms with Crippen LogP contribution in [0, 0.1) is 0 Å². The molecule has 1 fully saturated rings. The van der Waals surface area contributed by atoms with E-state index in [0.29, 0.717) is 31.9 Å². The summed E-state index contributed by atoms with van der Waals surface area (Å²) in [4.78, 5) is 28.5. The number of thioether (sulfide) groups is 1. The molecule has 1 aromatic rings. The molecule has 1 aliphatic heterocycles. The molecule has 1 heterocycles. The van der Waals surface area contributed by atoms with E-state index in [-0.39, 0.29) is 11.8 Å². The summed E-state index contributed by atoms with van der Waals surface area (Å²) in [5.41, 5.74) is 0.494. The first kappa shape index (κ1) is 16.9. The predicted molar refractivity (Wildman–Crippen MR) is 91.0 cm³/mol. The smallest absolute Gasteiger partial charge is 0.232 e. The molecule has 2 amide bonds. The van der Waals surface area contributed by atoms with E-state index in [2.05, 4.69) is 0 Å². The highest BCUT2D eigenvalue weighted by Crippen LogP contribution is 2.26. The van der Waals surface area contributed by atoms with E-state index >= 15 is 0 Å². The van der Waals surface area contributed by atoms with Gasteiger partial charge in [0.05, 0.1) is 11.2 Å². The standard InChI is InChI=1S/C17H24N2O2S/c1-17(2,14-7-5-4-6-8-14)16(21)19-11-9-18(10-12-19)15(20)13-22-3/h4-8H,9-13H2,1-3H3. The summed E-state index contributed by atoms with van der Waals surface area (Å²) in [5, 5.41) is 0. The van der Waals surface area contributed by atoms with Crippen molar-refractivity contribution in [2.45, 2.75) is 19.3 Å². The number of hydrogen-bond acceptors (Lipinski definition) is 3. The first-order chi connectivity index (χ1) is 10.5. The molecule has 0 spiro atoms. The molecular formula is C17H24N2O2S. The van der Waals surface area contributed by atoms with E-state index in [1.807, 2.05) is 60.2 Å². The molecule has 0 N–H and O–H groups in total. The number of nitrogens with zero attached hydrogens (tertiary/aromatic N) is 2. The van der Waals surface area contributed by atoms with Crippen molar-refractivity contribution in [3.63, 3.8) is 0 Å². The predicted octanol–water partition coefficient (Wildman–Crippen LogP) is 2.00. The van der Waals surface area contributed by atoms with Gasteiger partial charge in [0, 0.05) is 26.2 Å². The number of amides is 2. The molecule has 1 aliphatic rings. The molecule has 0 aromatic heterocycles. The minimum atomic E-state index is -0.535. The lowest BCUT2D eigenvalue weighted by atomic mass is 9.83. The maximum atomic E-state index is 12.8. The van der Waals surface area contributed by atoms with Crippen molar-refractivity contribution in [2.24, 2.45) is 0 Å². The van der Waals surface area contributed by atoms with Gasteiger partial charge in [0.2, 0.25) is 11.8 Å². The second-order valence-corrected chi connectivity index (χ2v) is 6.96. The van der Waals surface area contributed by atoms with Crippen molar-refractivity contribution in [3.8, 4) is 0 Å². The Morgan fingerprint density at radius 3 is 2.14 bits per heavy atom. The lowest BCUT2D eigenvalue weighted by Crippen LogP contribution is -2.54. The largest absolute Gasteiger partial charge is 0.338 e. The monoisotopic (exact) mass is 320 g/mol. The maximum Gasteiger partial charge on any atom is 0.232 e. The molecule has 1 saturated heterocycles. The quantitative estimate of drug-likeness (QED) is 0.852. The molecule has 5 heteroatoms. The van der Waals surface area contributed by atoms with E-state index in [1.165, 1.54) is 0 Å². The first-order valence-electron chi connectivity index (χ1n) is 7.58. The molecule has 22 heavy (non-hydrogen) atoms. The molecule has 4 nitrogen and oxygen atoms in total. The van der Waals surface area contributed by atoms with Crippen molar-refractivity contribution in [1.29, 1.82) is 0 Å². The van der Waals surface area contributed by atoms with Gasteiger partial charge in [-0.05, 0) is 25.7 Å². The highest BCUT2D eigenvalue weighted by Gasteiger charge is 2.35. The van der Waals surface area contributed by atoms with E-state index in [9.17, 15) is 9.59 Å². The number of piperazine rings is 1. The van der Waals surface area contributed by atoms with Crippen LogP contribution in [0.2, 0.25) is 0 Å². The SMILES string of the molecule is CSCC(=O)N1CCN(C(=O)C(C)(C)c2ccccc2)CC1. The molecule has 0 atom stereocenters. The molecular weight excluding hydrogens is 296 g/mol. The second kappa shape index (κ2) is 7.18. The zero-order valence-corrected chi connectivity index (χ0v) is 14.4. The zero-order chi connectivity index (χ0) is 16.2. The number of carbonyl (C=O) groups is 2. The number of rotatable bonds is 4. The summed E-state index contributed by atoms with van der Waals surface area (Å²) in [5.74, 6) is 0.821. The Morgan fingerprint density at radius 1 is 1.05 bits per heavy atom. The molecule has 0 unspecified atom stereocenters. The summed E-state index contributed by atoms with van der Waals surface area (Å²) in [6.45, 7) is 6.45. The molecule has 1 aromatic carbocycles. The first-order valence-corrected chi connectivity index (χ1v) is 8.98. The summed E-state index contributed by atoms with van der Waals surface area (Å²) < 4.78 is 0. The average Bonchev–Trinajstić information content (AvgIpc) is 2.55. The summed E-state index contributed by atoms with van der Waals surface area (Å²) in [6, 6.07) is 9.87. The van der Waals surface area contributed by atoms with Gasteiger partial charge in [-0.15, -0.1) is 0 Å². The average molecular weight is 320 g/mol. The summed E-state index contributed by atoms with van der Waals surface area (Å²) >= 11 is 1.54. The van der Waals surface area contributed by atoms with Crippen LogP contribution in [-0.2, 0) is 15.0 Å². The van der Waals surface area contributed by atoms with Crippen LogP contribution in [0.25, 0.3) is 0 Å². The number of carbonyl (C=O) groups excluding carboxylic acids is 2. The van der Waals surface area contributed by atoms with Crippen LogP contribution in [0.1, 0.15) is 19.4 Å². The summed E-state index contributed by atoms with van der Waals surface area (Å²) in [6.07, 6.45) is 1.93. The van der Waals surface area contributed by atoms with Crippen molar-refractivity contribution in [3.05, 3.63) is 35.9 Å². The minimum absolute atomic E-state index is 0.135. The second-order valence-electron chi connectivity index (χ2n) is 6.10. The van der Waals surface area contributed by atoms with Crippen molar-refractivity contribution in [2.75, 3.05) is 38.2 Å². The molecule has 0 saturated carbocycles. The van der Waals surface area contributed by atoms with Gasteiger partial charge in [0.1, 0.15) is 0 Å². The van der Waals surface area contributed by atoms with E-state index in [0.717, 1.165) is 5.56 Å². The molecule has 0 bridgehead atoms. The normalized spacial score (nSPS) is 15.8. The fourth-order valence-corrected chi connectivity index (χ4v) is 3.18. The van der Waals surface area contributed by atoms with Gasteiger partial charge in [0.15, 0.2) is 0 Å². The third-order valence-electron chi connectivity index (χ3n) is 4.22. The fourth-order valence-electron chi connectivity index (χ4n) is 2.75. The maximum absolute atomic E-state index is 12.8. The van der Waals surface area contributed by atoms with Crippen molar-refractivity contribution >= 4 is 23.6 Å². The number of hydrogen-bond donors (Lipinski definition) is 0. The lowest BCUT2D eigenvalue weighted by molar-refractivity contribution is -0.141. The van der Waals surface area contributed by atoms with Crippen molar-refractivity contribution in [1.82, 2.24) is 9.80 Å². The van der Waals surface area contributed by atoms with Gasteiger partial charge < -0.3 is 9.80 Å². The van der Waals surface area contributed by atoms with E-state index < -0.39 is 5.41 Å². The van der Waals surface area contributed by atoms with Gasteiger partial charge in [-0.1, -0.05) is 30.3 Å². The van der Waals surface area contributed by atoms with Crippen LogP contribution in [0.4, 0.5) is 0 Å². The Morgan fingerprint density at radius 2 is 1.59 bits per heavy atom. The van der Waals surface area contributed by atoms with Crippen LogP contribution < -0.4 is 0 Å². The van der Waals surface area contributed by atoms with Crippen LogP contribution in [0.3, 0.4) is 0 Å². The summed E-state index contributed by atoms with van der Waals surface area (Å²) in [7, 11) is 0. The lowest BCUT2D eigenvalue weighted by Gasteiger charge is -2.38. The van der Waals surface area contributed by atoms with Gasteiger partial charge in [-0.3, -0.25) is 9.59 Å². The van der Waals surface area contributed by atoms with Crippen LogP contribution in [0.15, 0.2) is 30.3 Å².